The quantitative estimate of drug-likeness (QED) is 0.724. The van der Waals surface area contributed by atoms with Gasteiger partial charge in [-0.3, -0.25) is 14.7 Å². The largest absolute Gasteiger partial charge is 0.338 e. The van der Waals surface area contributed by atoms with Gasteiger partial charge in [0.15, 0.2) is 0 Å². The minimum Gasteiger partial charge on any atom is -0.338 e. The molecule has 2 fully saturated rings. The van der Waals surface area contributed by atoms with Gasteiger partial charge in [0.2, 0.25) is 0 Å². The van der Waals surface area contributed by atoms with Gasteiger partial charge in [-0.05, 0) is 42.7 Å². The van der Waals surface area contributed by atoms with Gasteiger partial charge in [-0.25, -0.2) is 9.37 Å². The molecule has 2 aliphatic rings. The number of fused-ring (bicyclic) bond motifs is 1. The molecule has 3 aromatic rings. The van der Waals surface area contributed by atoms with Gasteiger partial charge >= 0.3 is 0 Å². The van der Waals surface area contributed by atoms with Crippen LogP contribution in [0.15, 0.2) is 54.9 Å². The van der Waals surface area contributed by atoms with Crippen LogP contribution in [-0.2, 0) is 6.54 Å². The van der Waals surface area contributed by atoms with E-state index in [9.17, 15) is 9.18 Å². The molecule has 7 heteroatoms. The SMILES string of the molecule is Cc1ncc(C(=O)N2C[C@@H]3CN(Cc4ccccn4)C[C@@H]3[C@H]2c2cccc(F)c2)[nH]1. The Kier molecular flexibility index (Phi) is 4.83. The molecule has 2 saturated heterocycles. The lowest BCUT2D eigenvalue weighted by atomic mass is 9.89. The van der Waals surface area contributed by atoms with E-state index < -0.39 is 0 Å². The highest BCUT2D eigenvalue weighted by Gasteiger charge is 2.49. The molecule has 2 aliphatic heterocycles. The third kappa shape index (κ3) is 3.50. The zero-order chi connectivity index (χ0) is 20.7. The first kappa shape index (κ1) is 18.9. The fraction of sp³-hybridized carbons (Fsp3) is 0.348. The number of likely N-dealkylation sites (tertiary alicyclic amines) is 2. The fourth-order valence-corrected chi connectivity index (χ4v) is 5.00. The molecule has 0 saturated carbocycles. The predicted molar refractivity (Wildman–Crippen MR) is 110 cm³/mol. The van der Waals surface area contributed by atoms with E-state index in [1.807, 2.05) is 42.3 Å². The van der Waals surface area contributed by atoms with Gasteiger partial charge in [-0.1, -0.05) is 18.2 Å². The Balaban J connectivity index is 1.42. The molecule has 1 amide bonds. The summed E-state index contributed by atoms with van der Waals surface area (Å²) in [7, 11) is 0. The third-order valence-corrected chi connectivity index (χ3v) is 6.24. The maximum absolute atomic E-state index is 14.0. The summed E-state index contributed by atoms with van der Waals surface area (Å²) in [4.78, 5) is 29.2. The van der Waals surface area contributed by atoms with Crippen molar-refractivity contribution in [1.29, 1.82) is 0 Å². The summed E-state index contributed by atoms with van der Waals surface area (Å²) in [5, 5.41) is 0. The number of hydrogen-bond donors (Lipinski definition) is 1. The topological polar surface area (TPSA) is 65.1 Å². The fourth-order valence-electron chi connectivity index (χ4n) is 5.00. The molecular formula is C23H24FN5O. The first-order chi connectivity index (χ1) is 14.6. The van der Waals surface area contributed by atoms with Gasteiger partial charge in [-0.15, -0.1) is 0 Å². The summed E-state index contributed by atoms with van der Waals surface area (Å²) in [5.41, 5.74) is 2.38. The molecule has 154 valence electrons. The predicted octanol–water partition coefficient (Wildman–Crippen LogP) is 3.20. The van der Waals surface area contributed by atoms with Gasteiger partial charge in [0.05, 0.1) is 17.9 Å². The van der Waals surface area contributed by atoms with Crippen LogP contribution in [0.5, 0.6) is 0 Å². The minimum atomic E-state index is -0.274. The molecule has 30 heavy (non-hydrogen) atoms. The van der Waals surface area contributed by atoms with Crippen molar-refractivity contribution in [2.24, 2.45) is 11.8 Å². The average Bonchev–Trinajstić information content (AvgIpc) is 3.42. The number of aromatic nitrogens is 3. The number of aryl methyl sites for hydroxylation is 1. The van der Waals surface area contributed by atoms with Crippen molar-refractivity contribution >= 4 is 5.91 Å². The van der Waals surface area contributed by atoms with Crippen molar-refractivity contribution in [2.45, 2.75) is 19.5 Å². The number of hydrogen-bond acceptors (Lipinski definition) is 4. The highest BCUT2D eigenvalue weighted by atomic mass is 19.1. The van der Waals surface area contributed by atoms with Crippen LogP contribution in [0.25, 0.3) is 0 Å². The van der Waals surface area contributed by atoms with E-state index in [1.54, 1.807) is 18.3 Å². The first-order valence-electron chi connectivity index (χ1n) is 10.3. The van der Waals surface area contributed by atoms with Gasteiger partial charge in [-0.2, -0.15) is 0 Å². The van der Waals surface area contributed by atoms with Crippen LogP contribution in [0, 0.1) is 24.6 Å². The molecule has 0 radical (unpaired) electrons. The number of carbonyl (C=O) groups excluding carboxylic acids is 1. The lowest BCUT2D eigenvalue weighted by molar-refractivity contribution is 0.0693. The van der Waals surface area contributed by atoms with Crippen LogP contribution in [0.4, 0.5) is 4.39 Å². The Morgan fingerprint density at radius 2 is 2.07 bits per heavy atom. The van der Waals surface area contributed by atoms with Crippen molar-refractivity contribution in [1.82, 2.24) is 24.8 Å². The normalized spacial score (nSPS) is 23.7. The highest BCUT2D eigenvalue weighted by Crippen LogP contribution is 2.45. The Hall–Kier alpha value is -3.06. The molecule has 4 heterocycles. The number of amides is 1. The third-order valence-electron chi connectivity index (χ3n) is 6.24. The van der Waals surface area contributed by atoms with E-state index in [1.165, 1.54) is 6.07 Å². The molecule has 0 unspecified atom stereocenters. The van der Waals surface area contributed by atoms with Gasteiger partial charge in [0, 0.05) is 38.3 Å². The molecular weight excluding hydrogens is 381 g/mol. The number of carbonyl (C=O) groups is 1. The second-order valence-corrected chi connectivity index (χ2v) is 8.28. The molecule has 5 rings (SSSR count). The number of H-pyrrole nitrogens is 1. The lowest BCUT2D eigenvalue weighted by Crippen LogP contribution is -2.36. The number of benzene rings is 1. The standard InChI is InChI=1S/C23H24FN5O/c1-15-26-10-21(27-15)23(30)29-12-17-11-28(13-19-7-2-3-8-25-19)14-20(17)22(29)16-5-4-6-18(24)9-16/h2-10,17,20,22H,11-14H2,1H3,(H,26,27)/t17-,20-,22+/m0/s1. The van der Waals surface area contributed by atoms with Crippen LogP contribution < -0.4 is 0 Å². The van der Waals surface area contributed by atoms with E-state index in [0.717, 1.165) is 30.9 Å². The number of aromatic amines is 1. The second kappa shape index (κ2) is 7.65. The zero-order valence-electron chi connectivity index (χ0n) is 16.8. The molecule has 0 aliphatic carbocycles. The second-order valence-electron chi connectivity index (χ2n) is 8.28. The van der Waals surface area contributed by atoms with Crippen LogP contribution in [-0.4, -0.2) is 50.3 Å². The first-order valence-corrected chi connectivity index (χ1v) is 10.3. The summed E-state index contributed by atoms with van der Waals surface area (Å²) in [6.07, 6.45) is 3.40. The lowest BCUT2D eigenvalue weighted by Gasteiger charge is -2.29. The molecule has 0 spiro atoms. The van der Waals surface area contributed by atoms with Crippen molar-refractivity contribution in [3.63, 3.8) is 0 Å². The van der Waals surface area contributed by atoms with E-state index in [4.69, 9.17) is 0 Å². The average molecular weight is 405 g/mol. The molecule has 1 N–H and O–H groups in total. The number of halogens is 1. The summed E-state index contributed by atoms with van der Waals surface area (Å²) in [6, 6.07) is 12.5. The van der Waals surface area contributed by atoms with Gasteiger partial charge in [0.25, 0.3) is 5.91 Å². The Morgan fingerprint density at radius 3 is 2.80 bits per heavy atom. The Morgan fingerprint density at radius 1 is 1.17 bits per heavy atom. The minimum absolute atomic E-state index is 0.0736. The van der Waals surface area contributed by atoms with Gasteiger partial charge in [0.1, 0.15) is 17.3 Å². The van der Waals surface area contributed by atoms with Crippen molar-refractivity contribution in [2.75, 3.05) is 19.6 Å². The highest BCUT2D eigenvalue weighted by molar-refractivity contribution is 5.92. The monoisotopic (exact) mass is 405 g/mol. The summed E-state index contributed by atoms with van der Waals surface area (Å²) in [5.74, 6) is 0.958. The van der Waals surface area contributed by atoms with Crippen LogP contribution in [0.1, 0.15) is 33.6 Å². The number of rotatable bonds is 4. The van der Waals surface area contributed by atoms with Crippen LogP contribution in [0.3, 0.4) is 0 Å². The van der Waals surface area contributed by atoms with E-state index in [0.29, 0.717) is 24.0 Å². The molecule has 3 atom stereocenters. The van der Waals surface area contributed by atoms with E-state index >= 15 is 0 Å². The molecule has 1 aromatic carbocycles. The molecule has 0 bridgehead atoms. The maximum Gasteiger partial charge on any atom is 0.272 e. The number of imidazole rings is 1. The van der Waals surface area contributed by atoms with Crippen LogP contribution in [0.2, 0.25) is 0 Å². The van der Waals surface area contributed by atoms with Crippen LogP contribution >= 0.6 is 0 Å². The molecule has 2 aromatic heterocycles. The summed E-state index contributed by atoms with van der Waals surface area (Å²) >= 11 is 0. The van der Waals surface area contributed by atoms with Crippen molar-refractivity contribution < 1.29 is 9.18 Å². The summed E-state index contributed by atoms with van der Waals surface area (Å²) < 4.78 is 14.0. The number of nitrogens with zero attached hydrogens (tertiary/aromatic N) is 4. The Bertz CT molecular complexity index is 1050. The summed E-state index contributed by atoms with van der Waals surface area (Å²) in [6.45, 7) is 5.03. The maximum atomic E-state index is 14.0. The Labute approximate surface area is 174 Å². The molecule has 6 nitrogen and oxygen atoms in total. The smallest absolute Gasteiger partial charge is 0.272 e. The zero-order valence-corrected chi connectivity index (χ0v) is 16.8. The number of pyridine rings is 1. The van der Waals surface area contributed by atoms with E-state index in [2.05, 4.69) is 19.9 Å². The van der Waals surface area contributed by atoms with Crippen molar-refractivity contribution in [3.8, 4) is 0 Å². The number of nitrogens with one attached hydrogen (secondary N) is 1. The van der Waals surface area contributed by atoms with Gasteiger partial charge < -0.3 is 9.88 Å². The van der Waals surface area contributed by atoms with Crippen molar-refractivity contribution in [3.05, 3.63) is 83.5 Å². The van der Waals surface area contributed by atoms with E-state index in [-0.39, 0.29) is 23.7 Å².